The molecule has 4 nitrogen and oxygen atoms in total. The molecule has 0 saturated carbocycles. The van der Waals surface area contributed by atoms with Crippen LogP contribution in [-0.4, -0.2) is 15.6 Å². The predicted molar refractivity (Wildman–Crippen MR) is 114 cm³/mol. The van der Waals surface area contributed by atoms with E-state index < -0.39 is 5.97 Å². The molecule has 0 fully saturated rings. The SMILES string of the molecule is Cc1ccc2c(CNCc3cccs3)c(C(=O)O)n(Cc3ccccc3F)c2c1. The summed E-state index contributed by atoms with van der Waals surface area (Å²) < 4.78 is 16.0. The van der Waals surface area contributed by atoms with Gasteiger partial charge in [-0.1, -0.05) is 36.4 Å². The van der Waals surface area contributed by atoms with Crippen molar-refractivity contribution in [3.8, 4) is 0 Å². The second-order valence-electron chi connectivity index (χ2n) is 7.01. The topological polar surface area (TPSA) is 54.3 Å². The van der Waals surface area contributed by atoms with Crippen LogP contribution in [0.25, 0.3) is 10.9 Å². The molecule has 0 aliphatic heterocycles. The number of nitrogens with one attached hydrogen (secondary N) is 1. The number of halogens is 1. The van der Waals surface area contributed by atoms with Gasteiger partial charge in [0.1, 0.15) is 11.5 Å². The summed E-state index contributed by atoms with van der Waals surface area (Å²) in [5.41, 5.74) is 3.22. The molecule has 148 valence electrons. The van der Waals surface area contributed by atoms with Crippen LogP contribution in [0.4, 0.5) is 4.39 Å². The zero-order valence-corrected chi connectivity index (χ0v) is 16.8. The van der Waals surface area contributed by atoms with Crippen molar-refractivity contribution in [2.45, 2.75) is 26.6 Å². The number of carbonyl (C=O) groups is 1. The molecule has 4 rings (SSSR count). The molecular formula is C23H21FN2O2S. The van der Waals surface area contributed by atoms with Gasteiger partial charge in [0.25, 0.3) is 0 Å². The number of fused-ring (bicyclic) bond motifs is 1. The molecule has 2 aromatic carbocycles. The molecule has 0 atom stereocenters. The second-order valence-corrected chi connectivity index (χ2v) is 8.05. The summed E-state index contributed by atoms with van der Waals surface area (Å²) in [6.07, 6.45) is 0. The predicted octanol–water partition coefficient (Wildman–Crippen LogP) is 5.19. The summed E-state index contributed by atoms with van der Waals surface area (Å²) in [4.78, 5) is 13.4. The Hall–Kier alpha value is -2.96. The highest BCUT2D eigenvalue weighted by atomic mass is 32.1. The molecule has 4 aromatic rings. The summed E-state index contributed by atoms with van der Waals surface area (Å²) in [5, 5.41) is 16.3. The maximum absolute atomic E-state index is 14.3. The van der Waals surface area contributed by atoms with Crippen molar-refractivity contribution >= 4 is 28.2 Å². The Balaban J connectivity index is 1.78. The fourth-order valence-corrected chi connectivity index (χ4v) is 4.31. The van der Waals surface area contributed by atoms with Gasteiger partial charge in [0.05, 0.1) is 6.54 Å². The van der Waals surface area contributed by atoms with E-state index in [0.717, 1.165) is 22.0 Å². The molecule has 0 radical (unpaired) electrons. The maximum Gasteiger partial charge on any atom is 0.352 e. The first-order chi connectivity index (χ1) is 14.0. The molecule has 2 N–H and O–H groups in total. The number of rotatable bonds is 7. The molecule has 29 heavy (non-hydrogen) atoms. The standard InChI is InChI=1S/C23H21FN2O2S/c1-15-8-9-18-19(13-25-12-17-6-4-10-29-17)22(23(27)28)26(21(18)11-15)14-16-5-2-3-7-20(16)24/h2-11,25H,12-14H2,1H3,(H,27,28). The van der Waals surface area contributed by atoms with Gasteiger partial charge < -0.3 is 15.0 Å². The highest BCUT2D eigenvalue weighted by Gasteiger charge is 2.23. The Morgan fingerprint density at radius 1 is 1.14 bits per heavy atom. The van der Waals surface area contributed by atoms with Gasteiger partial charge in [0, 0.05) is 40.0 Å². The number of thiophene rings is 1. The van der Waals surface area contributed by atoms with E-state index in [0.29, 0.717) is 18.7 Å². The molecule has 0 amide bonds. The highest BCUT2D eigenvalue weighted by Crippen LogP contribution is 2.29. The van der Waals surface area contributed by atoms with Gasteiger partial charge in [-0.15, -0.1) is 11.3 Å². The van der Waals surface area contributed by atoms with E-state index in [9.17, 15) is 14.3 Å². The molecule has 2 heterocycles. The second kappa shape index (κ2) is 8.19. The Bertz CT molecular complexity index is 1170. The van der Waals surface area contributed by atoms with Crippen LogP contribution >= 0.6 is 11.3 Å². The van der Waals surface area contributed by atoms with Crippen molar-refractivity contribution in [1.29, 1.82) is 0 Å². The molecule has 6 heteroatoms. The summed E-state index contributed by atoms with van der Waals surface area (Å²) >= 11 is 1.66. The van der Waals surface area contributed by atoms with Gasteiger partial charge in [-0.3, -0.25) is 0 Å². The number of carboxylic acids is 1. The molecule has 0 spiro atoms. The summed E-state index contributed by atoms with van der Waals surface area (Å²) in [5.74, 6) is -1.35. The highest BCUT2D eigenvalue weighted by molar-refractivity contribution is 7.09. The maximum atomic E-state index is 14.3. The lowest BCUT2D eigenvalue weighted by Crippen LogP contribution is -2.17. The van der Waals surface area contributed by atoms with Gasteiger partial charge in [-0.25, -0.2) is 9.18 Å². The van der Waals surface area contributed by atoms with Crippen LogP contribution in [0.2, 0.25) is 0 Å². The van der Waals surface area contributed by atoms with Crippen LogP contribution in [0.1, 0.15) is 32.1 Å². The van der Waals surface area contributed by atoms with E-state index >= 15 is 0 Å². The zero-order valence-electron chi connectivity index (χ0n) is 16.0. The average Bonchev–Trinajstić information content (AvgIpc) is 3.30. The molecule has 0 aliphatic rings. The number of benzene rings is 2. The minimum atomic E-state index is -1.01. The average molecular weight is 408 g/mol. The van der Waals surface area contributed by atoms with E-state index in [4.69, 9.17) is 0 Å². The third-order valence-corrected chi connectivity index (χ3v) is 5.87. The van der Waals surface area contributed by atoms with Gasteiger partial charge in [0.2, 0.25) is 0 Å². The Morgan fingerprint density at radius 3 is 2.69 bits per heavy atom. The molecule has 0 aliphatic carbocycles. The van der Waals surface area contributed by atoms with Gasteiger partial charge >= 0.3 is 5.97 Å². The lowest BCUT2D eigenvalue weighted by molar-refractivity contribution is 0.0684. The van der Waals surface area contributed by atoms with Gasteiger partial charge in [-0.05, 0) is 36.1 Å². The molecular weight excluding hydrogens is 387 g/mol. The van der Waals surface area contributed by atoms with E-state index in [-0.39, 0.29) is 18.1 Å². The first kappa shape index (κ1) is 19.4. The van der Waals surface area contributed by atoms with E-state index in [2.05, 4.69) is 5.32 Å². The normalized spacial score (nSPS) is 11.2. The number of hydrogen-bond donors (Lipinski definition) is 2. The summed E-state index contributed by atoms with van der Waals surface area (Å²) in [7, 11) is 0. The van der Waals surface area contributed by atoms with Crippen LogP contribution < -0.4 is 5.32 Å². The number of aromatic nitrogens is 1. The number of hydrogen-bond acceptors (Lipinski definition) is 3. The first-order valence-corrected chi connectivity index (χ1v) is 10.2. The van der Waals surface area contributed by atoms with Gasteiger partial charge in [0.15, 0.2) is 0 Å². The van der Waals surface area contributed by atoms with Crippen LogP contribution in [0, 0.1) is 12.7 Å². The fourth-order valence-electron chi connectivity index (χ4n) is 3.64. The number of aromatic carboxylic acids is 1. The van der Waals surface area contributed by atoms with E-state index in [1.807, 2.05) is 42.6 Å². The zero-order chi connectivity index (χ0) is 20.4. The van der Waals surface area contributed by atoms with Gasteiger partial charge in [-0.2, -0.15) is 0 Å². The molecule has 2 aromatic heterocycles. The van der Waals surface area contributed by atoms with Crippen molar-refractivity contribution in [2.75, 3.05) is 0 Å². The van der Waals surface area contributed by atoms with Crippen molar-refractivity contribution in [3.63, 3.8) is 0 Å². The Morgan fingerprint density at radius 2 is 1.97 bits per heavy atom. The number of nitrogens with zero attached hydrogens (tertiary/aromatic N) is 1. The van der Waals surface area contributed by atoms with Crippen LogP contribution in [0.5, 0.6) is 0 Å². The third kappa shape index (κ3) is 3.95. The lowest BCUT2D eigenvalue weighted by Gasteiger charge is -2.11. The monoisotopic (exact) mass is 408 g/mol. The van der Waals surface area contributed by atoms with E-state index in [1.165, 1.54) is 10.9 Å². The summed E-state index contributed by atoms with van der Waals surface area (Å²) in [6.45, 7) is 3.22. The summed E-state index contributed by atoms with van der Waals surface area (Å²) in [6, 6.07) is 16.4. The quantitative estimate of drug-likeness (QED) is 0.443. The van der Waals surface area contributed by atoms with Crippen LogP contribution in [-0.2, 0) is 19.6 Å². The molecule has 0 saturated heterocycles. The van der Waals surface area contributed by atoms with E-state index in [1.54, 1.807) is 34.1 Å². The fraction of sp³-hybridized carbons (Fsp3) is 0.174. The number of aryl methyl sites for hydroxylation is 1. The third-order valence-electron chi connectivity index (χ3n) is 4.99. The number of carboxylic acid groups (broad SMARTS) is 1. The minimum absolute atomic E-state index is 0.166. The van der Waals surface area contributed by atoms with Crippen molar-refractivity contribution in [1.82, 2.24) is 9.88 Å². The smallest absolute Gasteiger partial charge is 0.352 e. The van der Waals surface area contributed by atoms with Crippen molar-refractivity contribution in [3.05, 3.63) is 93.1 Å². The molecule has 0 unspecified atom stereocenters. The minimum Gasteiger partial charge on any atom is -0.477 e. The Kier molecular flexibility index (Phi) is 5.47. The Labute approximate surface area is 172 Å². The van der Waals surface area contributed by atoms with Crippen molar-refractivity contribution < 1.29 is 14.3 Å². The molecule has 0 bridgehead atoms. The van der Waals surface area contributed by atoms with Crippen LogP contribution in [0.15, 0.2) is 60.0 Å². The first-order valence-electron chi connectivity index (χ1n) is 9.36. The van der Waals surface area contributed by atoms with Crippen LogP contribution in [0.3, 0.4) is 0 Å². The lowest BCUT2D eigenvalue weighted by atomic mass is 10.1. The largest absolute Gasteiger partial charge is 0.477 e. The van der Waals surface area contributed by atoms with Crippen molar-refractivity contribution in [2.24, 2.45) is 0 Å².